The minimum absolute atomic E-state index is 0. The van der Waals surface area contributed by atoms with E-state index in [9.17, 15) is 0 Å². The van der Waals surface area contributed by atoms with Crippen molar-refractivity contribution in [3.8, 4) is 0 Å². The van der Waals surface area contributed by atoms with Gasteiger partial charge in [-0.1, -0.05) is 0 Å². The molecule has 0 nitrogen and oxygen atoms in total. The Labute approximate surface area is 70.6 Å². The molecule has 0 aliphatic heterocycles. The van der Waals surface area contributed by atoms with E-state index in [0.29, 0.717) is 0 Å². The van der Waals surface area contributed by atoms with Crippen LogP contribution in [-0.2, 0) is 54.0 Å². The largest absolute Gasteiger partial charge is 0.187 e. The van der Waals surface area contributed by atoms with Crippen LogP contribution in [0.2, 0.25) is 0 Å². The van der Waals surface area contributed by atoms with E-state index in [4.69, 9.17) is 0 Å². The first-order chi connectivity index (χ1) is 0. The van der Waals surface area contributed by atoms with Gasteiger partial charge >= 0.3 is 0 Å². The van der Waals surface area contributed by atoms with Gasteiger partial charge in [-0.2, -0.15) is 0 Å². The van der Waals surface area contributed by atoms with Crippen LogP contribution in [0, 0.1) is 0 Å². The van der Waals surface area contributed by atoms with Crippen LogP contribution in [0.15, 0.2) is 0 Å². The summed E-state index contributed by atoms with van der Waals surface area (Å²) < 4.78 is 0. The molecule has 0 heterocycles. The molecule has 31 valence electrons. The summed E-state index contributed by atoms with van der Waals surface area (Å²) in [5, 5.41) is 0. The molecule has 0 fully saturated rings. The molecule has 0 saturated carbocycles. The third-order valence-corrected chi connectivity index (χ3v) is 0. The van der Waals surface area contributed by atoms with Crippen molar-refractivity contribution in [2.75, 3.05) is 0 Å². The van der Waals surface area contributed by atoms with Crippen molar-refractivity contribution in [3.05, 3.63) is 0 Å². The Kier molecular flexibility index (Phi) is 163. The van der Waals surface area contributed by atoms with Crippen LogP contribution in [0.1, 0.15) is 0 Å². The zero-order valence-electron chi connectivity index (χ0n) is 1.06. The predicted octanol–water partition coefficient (Wildman–Crippen LogP) is -1.19. The summed E-state index contributed by atoms with van der Waals surface area (Å²) in [5.74, 6) is 0. The van der Waals surface area contributed by atoms with E-state index in [1.807, 2.05) is 0 Å². The van der Waals surface area contributed by atoms with Crippen molar-refractivity contribution in [1.82, 2.24) is 0 Å². The maximum absolute atomic E-state index is 0. The molecule has 0 rings (SSSR count). The van der Waals surface area contributed by atoms with Crippen LogP contribution < -0.4 is 0 Å². The van der Waals surface area contributed by atoms with E-state index < -0.39 is 0 Å². The van der Waals surface area contributed by atoms with Crippen molar-refractivity contribution >= 4 is 17.4 Å². The maximum Gasteiger partial charge on any atom is 0.187 e. The van der Waals surface area contributed by atoms with Gasteiger partial charge in [-0.15, -0.1) is 0 Å². The van der Waals surface area contributed by atoms with Crippen molar-refractivity contribution in [1.29, 1.82) is 0 Å². The molecule has 1 radical (unpaired) electrons. The van der Waals surface area contributed by atoms with Crippen LogP contribution in [0.25, 0.3) is 0 Å². The van der Waals surface area contributed by atoms with Gasteiger partial charge in [0.1, 0.15) is 0 Å². The van der Waals surface area contributed by atoms with Gasteiger partial charge < -0.3 is 0 Å². The number of rotatable bonds is 0. The summed E-state index contributed by atoms with van der Waals surface area (Å²) in [6.07, 6.45) is 0. The molecule has 0 bridgehead atoms. The van der Waals surface area contributed by atoms with Gasteiger partial charge in [0.25, 0.3) is 0 Å². The van der Waals surface area contributed by atoms with Gasteiger partial charge in [-0.25, -0.2) is 0 Å². The summed E-state index contributed by atoms with van der Waals surface area (Å²) in [4.78, 5) is 0. The smallest absolute Gasteiger partial charge is 0 e. The van der Waals surface area contributed by atoms with E-state index in [1.165, 1.54) is 0 Å². The fourth-order valence-corrected chi connectivity index (χ4v) is 0. The fourth-order valence-electron chi connectivity index (χ4n) is 0. The quantitative estimate of drug-likeness (QED) is 0.489. The Hall–Kier alpha value is 2.21. The van der Waals surface area contributed by atoms with Crippen LogP contribution in [0.5, 0.6) is 0 Å². The first kappa shape index (κ1) is 34.5. The van der Waals surface area contributed by atoms with Crippen LogP contribution in [0.4, 0.5) is 0 Å². The second kappa shape index (κ2) is 18.9. The van der Waals surface area contributed by atoms with E-state index in [0.717, 1.165) is 0 Å². The number of hydrogen-bond acceptors (Lipinski definition) is 0. The van der Waals surface area contributed by atoms with Crippen LogP contribution >= 0.6 is 0 Å². The summed E-state index contributed by atoms with van der Waals surface area (Å²) in [6.45, 7) is 0. The van der Waals surface area contributed by atoms with Gasteiger partial charge in [0.15, 0.2) is 17.4 Å². The molecular formula is H3AlCrIrNi. The molecule has 0 aromatic heterocycles. The fraction of sp³-hybridized carbons (Fsp3) is 0. The Bertz CT molecular complexity index is 8.00. The Morgan fingerprint density at radius 1 is 1.00 bits per heavy atom. The molecule has 0 unspecified atom stereocenters. The monoisotopic (exact) mass is 333 g/mol. The summed E-state index contributed by atoms with van der Waals surface area (Å²) in [7, 11) is 0. The van der Waals surface area contributed by atoms with E-state index in [-0.39, 0.29) is 71.3 Å². The van der Waals surface area contributed by atoms with Crippen LogP contribution in [-0.4, -0.2) is 17.4 Å². The summed E-state index contributed by atoms with van der Waals surface area (Å²) >= 11 is 0. The van der Waals surface area contributed by atoms with Gasteiger partial charge in [0.05, 0.1) is 0 Å². The molecular weight excluding hydrogens is 330 g/mol. The first-order valence-electron chi connectivity index (χ1n) is 0. The summed E-state index contributed by atoms with van der Waals surface area (Å²) in [5.41, 5.74) is 0. The molecule has 0 aromatic rings. The SMILES string of the molecule is [AlH3].[Cr].[Ir].[Ni]. The normalized spacial score (nSPS) is 0. The Morgan fingerprint density at radius 3 is 1.00 bits per heavy atom. The minimum atomic E-state index is 0. The van der Waals surface area contributed by atoms with E-state index in [1.54, 1.807) is 0 Å². The third kappa shape index (κ3) is 8.88. The Morgan fingerprint density at radius 2 is 1.00 bits per heavy atom. The molecule has 0 N–H and O–H groups in total. The van der Waals surface area contributed by atoms with E-state index in [2.05, 4.69) is 0 Å². The topological polar surface area (TPSA) is 0 Å². The van der Waals surface area contributed by atoms with Crippen molar-refractivity contribution < 1.29 is 54.0 Å². The minimum Gasteiger partial charge on any atom is 0 e. The Balaban J connectivity index is 0. The molecule has 0 aliphatic carbocycles. The average molecular weight is 333 g/mol. The van der Waals surface area contributed by atoms with Gasteiger partial charge in [-0.05, 0) is 0 Å². The molecule has 4 heteroatoms. The van der Waals surface area contributed by atoms with Gasteiger partial charge in [-0.3, -0.25) is 0 Å². The number of hydrogen-bond donors (Lipinski definition) is 0. The third-order valence-electron chi connectivity index (χ3n) is 0. The van der Waals surface area contributed by atoms with Crippen molar-refractivity contribution in [2.24, 2.45) is 0 Å². The zero-order valence-corrected chi connectivity index (χ0v) is 5.72. The molecule has 0 atom stereocenters. The van der Waals surface area contributed by atoms with Crippen molar-refractivity contribution in [2.45, 2.75) is 0 Å². The second-order valence-electron chi connectivity index (χ2n) is 0. The molecule has 0 spiro atoms. The molecule has 4 heavy (non-hydrogen) atoms. The second-order valence-corrected chi connectivity index (χ2v) is 0. The summed E-state index contributed by atoms with van der Waals surface area (Å²) in [6, 6.07) is 0. The molecule has 0 amide bonds. The van der Waals surface area contributed by atoms with Gasteiger partial charge in [0, 0.05) is 54.0 Å². The molecule has 0 aliphatic rings. The maximum atomic E-state index is 0. The standard InChI is InChI=1S/Al.Cr.Ir.Ni.3H. The predicted molar refractivity (Wildman–Crippen MR) is 9.94 cm³/mol. The van der Waals surface area contributed by atoms with E-state index >= 15 is 0 Å². The van der Waals surface area contributed by atoms with Gasteiger partial charge in [0.2, 0.25) is 0 Å². The molecule has 0 saturated heterocycles. The first-order valence-corrected chi connectivity index (χ1v) is 0. The molecule has 0 aromatic carbocycles. The zero-order chi connectivity index (χ0) is 0. The average Bonchev–Trinajstić information content (AvgIpc) is 0. The van der Waals surface area contributed by atoms with Crippen molar-refractivity contribution in [3.63, 3.8) is 0 Å². The van der Waals surface area contributed by atoms with Crippen LogP contribution in [0.3, 0.4) is 0 Å².